The number of benzene rings is 3. The third kappa shape index (κ3) is 5.01. The van der Waals surface area contributed by atoms with Gasteiger partial charge in [0.25, 0.3) is 0 Å². The van der Waals surface area contributed by atoms with E-state index in [1.807, 2.05) is 60.7 Å². The van der Waals surface area contributed by atoms with E-state index in [1.165, 1.54) is 18.2 Å². The van der Waals surface area contributed by atoms with E-state index >= 15 is 0 Å². The molecule has 0 spiro atoms. The Bertz CT molecular complexity index is 979. The summed E-state index contributed by atoms with van der Waals surface area (Å²) in [7, 11) is -3.83. The van der Waals surface area contributed by atoms with Crippen molar-refractivity contribution < 1.29 is 12.8 Å². The largest absolute Gasteiger partial charge is 0.322 e. The molecule has 4 nitrogen and oxygen atoms in total. The van der Waals surface area contributed by atoms with Gasteiger partial charge in [-0.05, 0) is 17.2 Å². The van der Waals surface area contributed by atoms with Gasteiger partial charge in [0.15, 0.2) is 0 Å². The maximum atomic E-state index is 13.9. The molecule has 3 rings (SSSR count). The van der Waals surface area contributed by atoms with E-state index in [2.05, 4.69) is 4.72 Å². The Kier molecular flexibility index (Phi) is 6.01. The average Bonchev–Trinajstić information content (AvgIpc) is 2.69. The highest BCUT2D eigenvalue weighted by atomic mass is 32.2. The van der Waals surface area contributed by atoms with Crippen molar-refractivity contribution in [2.24, 2.45) is 5.73 Å². The van der Waals surface area contributed by atoms with Gasteiger partial charge in [0.05, 0.1) is 17.8 Å². The fourth-order valence-electron chi connectivity index (χ4n) is 2.93. The summed E-state index contributed by atoms with van der Waals surface area (Å²) in [6.07, 6.45) is 0. The van der Waals surface area contributed by atoms with Gasteiger partial charge >= 0.3 is 0 Å². The molecule has 0 radical (unpaired) electrons. The van der Waals surface area contributed by atoms with Crippen LogP contribution < -0.4 is 10.5 Å². The maximum Gasteiger partial charge on any atom is 0.216 e. The summed E-state index contributed by atoms with van der Waals surface area (Å²) in [6, 6.07) is 23.0. The minimum Gasteiger partial charge on any atom is -0.322 e. The monoisotopic (exact) mass is 384 g/mol. The van der Waals surface area contributed by atoms with E-state index in [9.17, 15) is 12.8 Å². The minimum absolute atomic E-state index is 0.116. The summed E-state index contributed by atoms with van der Waals surface area (Å²) in [5, 5.41) is 0. The summed E-state index contributed by atoms with van der Waals surface area (Å²) in [4.78, 5) is 0. The molecule has 0 fully saturated rings. The molecule has 27 heavy (non-hydrogen) atoms. The normalized spacial score (nSPS) is 13.9. The van der Waals surface area contributed by atoms with Gasteiger partial charge in [0, 0.05) is 5.56 Å². The third-order valence-corrected chi connectivity index (χ3v) is 5.62. The van der Waals surface area contributed by atoms with Crippen LogP contribution in [0.15, 0.2) is 84.9 Å². The quantitative estimate of drug-likeness (QED) is 0.653. The maximum absolute atomic E-state index is 13.9. The molecule has 0 bridgehead atoms. The Hall–Kier alpha value is -2.54. The molecule has 140 valence electrons. The van der Waals surface area contributed by atoms with Crippen molar-refractivity contribution in [2.45, 2.75) is 17.8 Å². The van der Waals surface area contributed by atoms with Gasteiger partial charge in [0.2, 0.25) is 10.0 Å². The van der Waals surface area contributed by atoms with Crippen LogP contribution in [0.5, 0.6) is 0 Å². The van der Waals surface area contributed by atoms with Crippen molar-refractivity contribution in [1.29, 1.82) is 0 Å². The van der Waals surface area contributed by atoms with Gasteiger partial charge in [-0.3, -0.25) is 0 Å². The van der Waals surface area contributed by atoms with E-state index in [-0.39, 0.29) is 5.56 Å². The second-order valence-corrected chi connectivity index (χ2v) is 8.05. The lowest BCUT2D eigenvalue weighted by atomic mass is 9.95. The van der Waals surface area contributed by atoms with Crippen LogP contribution in [0, 0.1) is 5.82 Å². The van der Waals surface area contributed by atoms with Crippen molar-refractivity contribution in [2.75, 3.05) is 0 Å². The van der Waals surface area contributed by atoms with Crippen LogP contribution in [0.1, 0.15) is 28.8 Å². The Morgan fingerprint density at radius 1 is 0.815 bits per heavy atom. The number of rotatable bonds is 7. The molecule has 0 aliphatic heterocycles. The Morgan fingerprint density at radius 2 is 1.33 bits per heavy atom. The van der Waals surface area contributed by atoms with Gasteiger partial charge in [-0.25, -0.2) is 17.5 Å². The van der Waals surface area contributed by atoms with Gasteiger partial charge in [0.1, 0.15) is 5.82 Å². The number of hydrogen-bond donors (Lipinski definition) is 2. The second kappa shape index (κ2) is 8.43. The SMILES string of the molecule is NC(c1ccccc1)C(NS(=O)(=O)Cc1ccccc1F)c1ccccc1. The molecule has 3 aromatic carbocycles. The first-order chi connectivity index (χ1) is 13.0. The molecule has 0 saturated carbocycles. The molecule has 3 N–H and O–H groups in total. The number of nitrogens with one attached hydrogen (secondary N) is 1. The predicted octanol–water partition coefficient (Wildman–Crippen LogP) is 3.69. The van der Waals surface area contributed by atoms with Crippen LogP contribution in [0.2, 0.25) is 0 Å². The first-order valence-electron chi connectivity index (χ1n) is 8.55. The van der Waals surface area contributed by atoms with Crippen LogP contribution in [-0.4, -0.2) is 8.42 Å². The topological polar surface area (TPSA) is 72.2 Å². The first kappa shape index (κ1) is 19.2. The summed E-state index contributed by atoms with van der Waals surface area (Å²) in [6.45, 7) is 0. The molecule has 3 aromatic rings. The molecular formula is C21H21FN2O2S. The van der Waals surface area contributed by atoms with Gasteiger partial charge in [-0.1, -0.05) is 78.9 Å². The fraction of sp³-hybridized carbons (Fsp3) is 0.143. The van der Waals surface area contributed by atoms with Crippen LogP contribution in [0.3, 0.4) is 0 Å². The van der Waals surface area contributed by atoms with Crippen molar-refractivity contribution in [1.82, 2.24) is 4.72 Å². The predicted molar refractivity (Wildman–Crippen MR) is 105 cm³/mol. The lowest BCUT2D eigenvalue weighted by molar-refractivity contribution is 0.502. The number of halogens is 1. The highest BCUT2D eigenvalue weighted by Gasteiger charge is 2.27. The lowest BCUT2D eigenvalue weighted by Gasteiger charge is -2.26. The van der Waals surface area contributed by atoms with E-state index < -0.39 is 33.7 Å². The standard InChI is InChI=1S/C21H21FN2O2S/c22-19-14-8-7-13-18(19)15-27(25,26)24-21(17-11-5-2-6-12-17)20(23)16-9-3-1-4-10-16/h1-14,20-21,24H,15,23H2. The first-order valence-corrected chi connectivity index (χ1v) is 10.2. The number of sulfonamides is 1. The lowest BCUT2D eigenvalue weighted by Crippen LogP contribution is -2.36. The minimum atomic E-state index is -3.83. The van der Waals surface area contributed by atoms with Gasteiger partial charge in [-0.15, -0.1) is 0 Å². The average molecular weight is 384 g/mol. The molecule has 0 heterocycles. The third-order valence-electron chi connectivity index (χ3n) is 4.31. The van der Waals surface area contributed by atoms with E-state index in [0.29, 0.717) is 0 Å². The highest BCUT2D eigenvalue weighted by Crippen LogP contribution is 2.28. The van der Waals surface area contributed by atoms with Crippen molar-refractivity contribution in [3.05, 3.63) is 107 Å². The molecule has 0 aliphatic carbocycles. The van der Waals surface area contributed by atoms with E-state index in [0.717, 1.165) is 11.1 Å². The van der Waals surface area contributed by atoms with Crippen LogP contribution in [0.25, 0.3) is 0 Å². The van der Waals surface area contributed by atoms with Gasteiger partial charge in [-0.2, -0.15) is 0 Å². The zero-order valence-corrected chi connectivity index (χ0v) is 15.4. The summed E-state index contributed by atoms with van der Waals surface area (Å²) in [5.41, 5.74) is 8.06. The number of nitrogens with two attached hydrogens (primary N) is 1. The summed E-state index contributed by atoms with van der Waals surface area (Å²) in [5.74, 6) is -1.00. The molecule has 0 aliphatic rings. The van der Waals surface area contributed by atoms with E-state index in [1.54, 1.807) is 6.07 Å². The summed E-state index contributed by atoms with van der Waals surface area (Å²) >= 11 is 0. The zero-order valence-electron chi connectivity index (χ0n) is 14.6. The van der Waals surface area contributed by atoms with Crippen LogP contribution in [-0.2, 0) is 15.8 Å². The Labute approximate surface area is 158 Å². The molecule has 0 amide bonds. The Morgan fingerprint density at radius 3 is 1.93 bits per heavy atom. The van der Waals surface area contributed by atoms with Crippen molar-refractivity contribution >= 4 is 10.0 Å². The molecule has 2 atom stereocenters. The highest BCUT2D eigenvalue weighted by molar-refractivity contribution is 7.88. The number of hydrogen-bond acceptors (Lipinski definition) is 3. The Balaban J connectivity index is 1.90. The molecule has 6 heteroatoms. The summed E-state index contributed by atoms with van der Waals surface area (Å²) < 4.78 is 42.0. The smallest absolute Gasteiger partial charge is 0.216 e. The van der Waals surface area contributed by atoms with E-state index in [4.69, 9.17) is 5.73 Å². The zero-order chi connectivity index (χ0) is 19.3. The molecule has 2 unspecified atom stereocenters. The van der Waals surface area contributed by atoms with Gasteiger partial charge < -0.3 is 5.73 Å². The second-order valence-electron chi connectivity index (χ2n) is 6.29. The van der Waals surface area contributed by atoms with Crippen molar-refractivity contribution in [3.63, 3.8) is 0 Å². The van der Waals surface area contributed by atoms with Crippen LogP contribution >= 0.6 is 0 Å². The molecular weight excluding hydrogens is 363 g/mol. The molecule has 0 aromatic heterocycles. The van der Waals surface area contributed by atoms with Crippen LogP contribution in [0.4, 0.5) is 4.39 Å². The fourth-order valence-corrected chi connectivity index (χ4v) is 4.33. The van der Waals surface area contributed by atoms with Crippen molar-refractivity contribution in [3.8, 4) is 0 Å². The molecule has 0 saturated heterocycles.